The largest absolute Gasteiger partial charge is 0.0990 e. The molecule has 0 unspecified atom stereocenters. The second-order valence-electron chi connectivity index (χ2n) is 4.89. The fraction of sp³-hybridized carbons (Fsp3) is 0.182. The van der Waals surface area contributed by atoms with Crippen LogP contribution >= 0.6 is 0 Å². The lowest BCUT2D eigenvalue weighted by Crippen LogP contribution is -1.87. The van der Waals surface area contributed by atoms with Crippen molar-refractivity contribution in [2.45, 2.75) is 27.7 Å². The SMILES string of the molecule is C=C/C=C(\C=C)c1ccc(-c2cccc(C)c2C)cc1.CC. The lowest BCUT2D eigenvalue weighted by atomic mass is 9.95. The standard InChI is InChI=1S/C20H20.C2H6/c1-5-8-17(6-2)18-11-13-19(14-12-18)20-10-7-9-15(3)16(20)4;1-2/h5-14H,1-2H2,3-4H3;1-2H3/b17-8+;. The van der Waals surface area contributed by atoms with E-state index in [4.69, 9.17) is 0 Å². The molecular formula is C22H26. The molecule has 0 heteroatoms. The van der Waals surface area contributed by atoms with Crippen molar-refractivity contribution >= 4 is 5.57 Å². The fourth-order valence-electron chi connectivity index (χ4n) is 2.32. The van der Waals surface area contributed by atoms with Gasteiger partial charge in [0.25, 0.3) is 0 Å². The van der Waals surface area contributed by atoms with Crippen molar-refractivity contribution in [2.75, 3.05) is 0 Å². The zero-order valence-electron chi connectivity index (χ0n) is 14.2. The molecule has 0 saturated carbocycles. The molecule has 0 spiro atoms. The third-order valence-corrected chi connectivity index (χ3v) is 3.65. The van der Waals surface area contributed by atoms with Gasteiger partial charge in [0.2, 0.25) is 0 Å². The average molecular weight is 290 g/mol. The number of hydrogen-bond acceptors (Lipinski definition) is 0. The van der Waals surface area contributed by atoms with E-state index in [0.717, 1.165) is 11.1 Å². The van der Waals surface area contributed by atoms with Gasteiger partial charge in [0.05, 0.1) is 0 Å². The number of allylic oxidation sites excluding steroid dienone is 4. The molecule has 2 aromatic rings. The molecule has 0 saturated heterocycles. The second kappa shape index (κ2) is 8.84. The summed E-state index contributed by atoms with van der Waals surface area (Å²) in [6, 6.07) is 15.0. The Balaban J connectivity index is 0.00000116. The van der Waals surface area contributed by atoms with Gasteiger partial charge in [0.1, 0.15) is 0 Å². The number of benzene rings is 2. The van der Waals surface area contributed by atoms with E-state index in [1.54, 1.807) is 6.08 Å². The molecule has 0 atom stereocenters. The third-order valence-electron chi connectivity index (χ3n) is 3.65. The van der Waals surface area contributed by atoms with E-state index in [1.807, 2.05) is 26.0 Å². The Kier molecular flexibility index (Phi) is 7.12. The van der Waals surface area contributed by atoms with E-state index >= 15 is 0 Å². The fourth-order valence-corrected chi connectivity index (χ4v) is 2.32. The van der Waals surface area contributed by atoms with Gasteiger partial charge in [-0.2, -0.15) is 0 Å². The Morgan fingerprint density at radius 1 is 0.909 bits per heavy atom. The summed E-state index contributed by atoms with van der Waals surface area (Å²) < 4.78 is 0. The van der Waals surface area contributed by atoms with Crippen LogP contribution in [0.1, 0.15) is 30.5 Å². The maximum absolute atomic E-state index is 3.85. The summed E-state index contributed by atoms with van der Waals surface area (Å²) in [4.78, 5) is 0. The predicted octanol–water partition coefficient (Wildman–Crippen LogP) is 6.75. The van der Waals surface area contributed by atoms with E-state index < -0.39 is 0 Å². The first-order chi connectivity index (χ1) is 10.7. The number of rotatable bonds is 4. The topological polar surface area (TPSA) is 0 Å². The van der Waals surface area contributed by atoms with Crippen LogP contribution in [0.25, 0.3) is 16.7 Å². The van der Waals surface area contributed by atoms with Gasteiger partial charge < -0.3 is 0 Å². The monoisotopic (exact) mass is 290 g/mol. The number of aryl methyl sites for hydroxylation is 1. The summed E-state index contributed by atoms with van der Waals surface area (Å²) in [5.74, 6) is 0. The molecule has 0 aliphatic rings. The van der Waals surface area contributed by atoms with E-state index in [2.05, 4.69) is 69.5 Å². The van der Waals surface area contributed by atoms with Crippen LogP contribution in [0.2, 0.25) is 0 Å². The highest BCUT2D eigenvalue weighted by atomic mass is 14.1. The zero-order chi connectivity index (χ0) is 16.5. The van der Waals surface area contributed by atoms with Gasteiger partial charge >= 0.3 is 0 Å². The summed E-state index contributed by atoms with van der Waals surface area (Å²) in [5, 5.41) is 0. The normalized spacial score (nSPS) is 10.5. The summed E-state index contributed by atoms with van der Waals surface area (Å²) in [6.07, 6.45) is 5.62. The minimum Gasteiger partial charge on any atom is -0.0990 e. The summed E-state index contributed by atoms with van der Waals surface area (Å²) in [7, 11) is 0. The highest BCUT2D eigenvalue weighted by Crippen LogP contribution is 2.27. The molecule has 0 aromatic heterocycles. The molecular weight excluding hydrogens is 264 g/mol. The molecule has 2 rings (SSSR count). The lowest BCUT2D eigenvalue weighted by molar-refractivity contribution is 1.34. The van der Waals surface area contributed by atoms with Crippen LogP contribution < -0.4 is 0 Å². The van der Waals surface area contributed by atoms with Gasteiger partial charge in [0.15, 0.2) is 0 Å². The van der Waals surface area contributed by atoms with Crippen molar-refractivity contribution in [3.05, 3.63) is 90.5 Å². The van der Waals surface area contributed by atoms with Gasteiger partial charge in [-0.15, -0.1) is 0 Å². The minimum absolute atomic E-state index is 1.09. The van der Waals surface area contributed by atoms with Crippen LogP contribution in [-0.2, 0) is 0 Å². The molecule has 0 fully saturated rings. The Hall–Kier alpha value is -2.34. The van der Waals surface area contributed by atoms with E-state index in [9.17, 15) is 0 Å². The van der Waals surface area contributed by atoms with Crippen molar-refractivity contribution < 1.29 is 0 Å². The summed E-state index contributed by atoms with van der Waals surface area (Å²) in [5.41, 5.74) is 7.46. The van der Waals surface area contributed by atoms with Gasteiger partial charge in [0, 0.05) is 0 Å². The van der Waals surface area contributed by atoms with Crippen LogP contribution in [0.3, 0.4) is 0 Å². The maximum Gasteiger partial charge on any atom is -0.0152 e. The first-order valence-corrected chi connectivity index (χ1v) is 7.79. The Bertz CT molecular complexity index is 655. The van der Waals surface area contributed by atoms with Crippen LogP contribution in [0.15, 0.2) is 73.9 Å². The van der Waals surface area contributed by atoms with Crippen LogP contribution in [-0.4, -0.2) is 0 Å². The summed E-state index contributed by atoms with van der Waals surface area (Å²) >= 11 is 0. The molecule has 0 aliphatic carbocycles. The summed E-state index contributed by atoms with van der Waals surface area (Å²) in [6.45, 7) is 15.9. The van der Waals surface area contributed by atoms with Crippen molar-refractivity contribution in [1.29, 1.82) is 0 Å². The van der Waals surface area contributed by atoms with Crippen molar-refractivity contribution in [2.24, 2.45) is 0 Å². The molecule has 0 bridgehead atoms. The van der Waals surface area contributed by atoms with Gasteiger partial charge in [-0.3, -0.25) is 0 Å². The van der Waals surface area contributed by atoms with Crippen LogP contribution in [0.4, 0.5) is 0 Å². The van der Waals surface area contributed by atoms with E-state index in [-0.39, 0.29) is 0 Å². The van der Waals surface area contributed by atoms with Crippen LogP contribution in [0.5, 0.6) is 0 Å². The molecule has 114 valence electrons. The molecule has 22 heavy (non-hydrogen) atoms. The first-order valence-electron chi connectivity index (χ1n) is 7.79. The minimum atomic E-state index is 1.09. The van der Waals surface area contributed by atoms with Crippen molar-refractivity contribution in [3.63, 3.8) is 0 Å². The van der Waals surface area contributed by atoms with Gasteiger partial charge in [-0.1, -0.05) is 87.7 Å². The predicted molar refractivity (Wildman–Crippen MR) is 101 cm³/mol. The number of hydrogen-bond donors (Lipinski definition) is 0. The molecule has 0 amide bonds. The van der Waals surface area contributed by atoms with E-state index in [0.29, 0.717) is 0 Å². The van der Waals surface area contributed by atoms with Gasteiger partial charge in [-0.25, -0.2) is 0 Å². The molecule has 0 N–H and O–H groups in total. The van der Waals surface area contributed by atoms with Crippen LogP contribution in [0, 0.1) is 13.8 Å². The van der Waals surface area contributed by atoms with Gasteiger partial charge in [-0.05, 0) is 47.2 Å². The Morgan fingerprint density at radius 2 is 1.55 bits per heavy atom. The Labute approximate surface area is 135 Å². The zero-order valence-corrected chi connectivity index (χ0v) is 14.2. The lowest BCUT2D eigenvalue weighted by Gasteiger charge is -2.10. The first kappa shape index (κ1) is 17.7. The van der Waals surface area contributed by atoms with E-state index in [1.165, 1.54) is 22.3 Å². The smallest absolute Gasteiger partial charge is 0.0152 e. The molecule has 0 nitrogen and oxygen atoms in total. The van der Waals surface area contributed by atoms with Crippen molar-refractivity contribution in [1.82, 2.24) is 0 Å². The second-order valence-corrected chi connectivity index (χ2v) is 4.89. The third kappa shape index (κ3) is 4.08. The molecule has 0 aliphatic heterocycles. The highest BCUT2D eigenvalue weighted by Gasteiger charge is 2.04. The maximum atomic E-state index is 3.85. The van der Waals surface area contributed by atoms with Crippen molar-refractivity contribution in [3.8, 4) is 11.1 Å². The highest BCUT2D eigenvalue weighted by molar-refractivity contribution is 5.77. The molecule has 2 aromatic carbocycles. The molecule has 0 radical (unpaired) electrons. The quantitative estimate of drug-likeness (QED) is 0.546. The Morgan fingerprint density at radius 3 is 2.09 bits per heavy atom. The molecule has 0 heterocycles. The average Bonchev–Trinajstić information content (AvgIpc) is 2.57.